The van der Waals surface area contributed by atoms with Crippen molar-refractivity contribution in [2.45, 2.75) is 0 Å². The molecule has 0 saturated heterocycles. The molecule has 1 N–H and O–H groups in total. The van der Waals surface area contributed by atoms with E-state index in [0.717, 1.165) is 4.47 Å². The van der Waals surface area contributed by atoms with Gasteiger partial charge in [0.1, 0.15) is 4.60 Å². The summed E-state index contributed by atoms with van der Waals surface area (Å²) in [6.07, 6.45) is 3.00. The van der Waals surface area contributed by atoms with Gasteiger partial charge in [-0.3, -0.25) is 4.79 Å². The van der Waals surface area contributed by atoms with Crippen LogP contribution in [0, 0.1) is 0 Å². The van der Waals surface area contributed by atoms with E-state index in [1.54, 1.807) is 12.1 Å². The zero-order valence-corrected chi connectivity index (χ0v) is 13.6. The molecule has 0 aliphatic carbocycles. The SMILES string of the molecule is O=C(Nc1cnc(Br)cn1)c1ccc(Br)cc1Br. The summed E-state index contributed by atoms with van der Waals surface area (Å²) in [6.45, 7) is 0. The van der Waals surface area contributed by atoms with Crippen molar-refractivity contribution in [3.8, 4) is 0 Å². The van der Waals surface area contributed by atoms with Crippen LogP contribution >= 0.6 is 47.8 Å². The molecule has 1 aromatic heterocycles. The summed E-state index contributed by atoms with van der Waals surface area (Å²) in [4.78, 5) is 20.0. The normalized spacial score (nSPS) is 10.2. The van der Waals surface area contributed by atoms with E-state index in [9.17, 15) is 4.79 Å². The Bertz CT molecular complexity index is 587. The van der Waals surface area contributed by atoms with Crippen LogP contribution in [0.4, 0.5) is 5.82 Å². The number of benzene rings is 1. The topological polar surface area (TPSA) is 54.9 Å². The summed E-state index contributed by atoms with van der Waals surface area (Å²) in [5.74, 6) is 0.156. The fourth-order valence-electron chi connectivity index (χ4n) is 1.23. The molecule has 18 heavy (non-hydrogen) atoms. The number of aromatic nitrogens is 2. The van der Waals surface area contributed by atoms with Gasteiger partial charge in [0.05, 0.1) is 18.0 Å². The average Bonchev–Trinajstić information content (AvgIpc) is 2.32. The second kappa shape index (κ2) is 5.90. The molecule has 1 amide bonds. The number of carbonyl (C=O) groups is 1. The number of rotatable bonds is 2. The maximum Gasteiger partial charge on any atom is 0.258 e. The van der Waals surface area contributed by atoms with Gasteiger partial charge in [-0.2, -0.15) is 0 Å². The first kappa shape index (κ1) is 13.6. The molecule has 0 unspecified atom stereocenters. The number of hydrogen-bond acceptors (Lipinski definition) is 3. The van der Waals surface area contributed by atoms with E-state index in [1.807, 2.05) is 6.07 Å². The Balaban J connectivity index is 2.19. The van der Waals surface area contributed by atoms with Crippen molar-refractivity contribution in [1.29, 1.82) is 0 Å². The molecule has 2 aromatic rings. The third-order valence-corrected chi connectivity index (χ3v) is 3.60. The molecule has 0 aliphatic heterocycles. The zero-order valence-electron chi connectivity index (χ0n) is 8.82. The summed E-state index contributed by atoms with van der Waals surface area (Å²) >= 11 is 9.85. The highest BCUT2D eigenvalue weighted by Gasteiger charge is 2.11. The first-order valence-electron chi connectivity index (χ1n) is 4.80. The summed E-state index contributed by atoms with van der Waals surface area (Å²) < 4.78 is 2.22. The number of nitrogens with zero attached hydrogens (tertiary/aromatic N) is 2. The van der Waals surface area contributed by atoms with Gasteiger partial charge in [0.2, 0.25) is 0 Å². The third kappa shape index (κ3) is 3.37. The van der Waals surface area contributed by atoms with Gasteiger partial charge in [0, 0.05) is 8.95 Å². The molecule has 1 aromatic carbocycles. The lowest BCUT2D eigenvalue weighted by Crippen LogP contribution is -2.13. The van der Waals surface area contributed by atoms with Gasteiger partial charge in [-0.25, -0.2) is 9.97 Å². The molecule has 0 spiro atoms. The predicted octanol–water partition coefficient (Wildman–Crippen LogP) is 4.02. The van der Waals surface area contributed by atoms with Crippen LogP contribution in [-0.2, 0) is 0 Å². The van der Waals surface area contributed by atoms with E-state index in [2.05, 4.69) is 63.1 Å². The maximum absolute atomic E-state index is 12.0. The molecule has 92 valence electrons. The standard InChI is InChI=1S/C11H6Br3N3O/c12-6-1-2-7(8(13)3-6)11(18)17-10-5-15-9(14)4-16-10/h1-5H,(H,16,17,18). The van der Waals surface area contributed by atoms with Gasteiger partial charge >= 0.3 is 0 Å². The van der Waals surface area contributed by atoms with E-state index in [-0.39, 0.29) is 5.91 Å². The highest BCUT2D eigenvalue weighted by molar-refractivity contribution is 9.11. The Morgan fingerprint density at radius 3 is 2.50 bits per heavy atom. The van der Waals surface area contributed by atoms with Gasteiger partial charge in [-0.05, 0) is 50.1 Å². The fourth-order valence-corrected chi connectivity index (χ4v) is 2.67. The highest BCUT2D eigenvalue weighted by Crippen LogP contribution is 2.22. The Morgan fingerprint density at radius 1 is 1.11 bits per heavy atom. The highest BCUT2D eigenvalue weighted by atomic mass is 79.9. The van der Waals surface area contributed by atoms with E-state index in [1.165, 1.54) is 12.4 Å². The van der Waals surface area contributed by atoms with E-state index < -0.39 is 0 Å². The van der Waals surface area contributed by atoms with Crippen molar-refractivity contribution < 1.29 is 4.79 Å². The minimum Gasteiger partial charge on any atom is -0.305 e. The molecule has 2 rings (SSSR count). The minimum atomic E-state index is -0.244. The number of halogens is 3. The van der Waals surface area contributed by atoms with Crippen molar-refractivity contribution in [1.82, 2.24) is 9.97 Å². The van der Waals surface area contributed by atoms with Gasteiger partial charge < -0.3 is 5.32 Å². The van der Waals surface area contributed by atoms with Crippen LogP contribution in [0.25, 0.3) is 0 Å². The first-order chi connectivity index (χ1) is 8.56. The number of amides is 1. The van der Waals surface area contributed by atoms with Crippen LogP contribution in [0.5, 0.6) is 0 Å². The molecular weight excluding hydrogens is 430 g/mol. The van der Waals surface area contributed by atoms with Crippen molar-refractivity contribution in [2.75, 3.05) is 5.32 Å². The van der Waals surface area contributed by atoms with Crippen molar-refractivity contribution in [3.05, 3.63) is 49.7 Å². The van der Waals surface area contributed by atoms with Crippen LogP contribution in [0.2, 0.25) is 0 Å². The zero-order chi connectivity index (χ0) is 13.1. The van der Waals surface area contributed by atoms with Crippen molar-refractivity contribution >= 4 is 59.5 Å². The monoisotopic (exact) mass is 433 g/mol. The molecule has 0 aliphatic rings. The lowest BCUT2D eigenvalue weighted by molar-refractivity contribution is 0.102. The number of carbonyl (C=O) groups excluding carboxylic acids is 1. The molecule has 0 bridgehead atoms. The molecule has 0 radical (unpaired) electrons. The Morgan fingerprint density at radius 2 is 1.89 bits per heavy atom. The van der Waals surface area contributed by atoms with Crippen LogP contribution in [0.3, 0.4) is 0 Å². The van der Waals surface area contributed by atoms with Crippen molar-refractivity contribution in [3.63, 3.8) is 0 Å². The summed E-state index contributed by atoms with van der Waals surface area (Å²) in [5, 5.41) is 2.67. The fraction of sp³-hybridized carbons (Fsp3) is 0. The van der Waals surface area contributed by atoms with E-state index >= 15 is 0 Å². The Labute approximate surface area is 129 Å². The molecule has 0 saturated carbocycles. The molecule has 0 atom stereocenters. The smallest absolute Gasteiger partial charge is 0.258 e. The molecule has 4 nitrogen and oxygen atoms in total. The van der Waals surface area contributed by atoms with Crippen LogP contribution in [0.15, 0.2) is 44.1 Å². The predicted molar refractivity (Wildman–Crippen MR) is 79.5 cm³/mol. The first-order valence-corrected chi connectivity index (χ1v) is 7.18. The number of nitrogens with one attached hydrogen (secondary N) is 1. The van der Waals surface area contributed by atoms with Gasteiger partial charge in [0.25, 0.3) is 5.91 Å². The summed E-state index contributed by atoms with van der Waals surface area (Å²) in [6, 6.07) is 5.32. The van der Waals surface area contributed by atoms with E-state index in [4.69, 9.17) is 0 Å². The molecule has 0 fully saturated rings. The van der Waals surface area contributed by atoms with E-state index in [0.29, 0.717) is 20.5 Å². The molecule has 1 heterocycles. The average molecular weight is 436 g/mol. The summed E-state index contributed by atoms with van der Waals surface area (Å²) in [7, 11) is 0. The lowest BCUT2D eigenvalue weighted by atomic mass is 10.2. The third-order valence-electron chi connectivity index (χ3n) is 2.04. The lowest BCUT2D eigenvalue weighted by Gasteiger charge is -2.06. The van der Waals surface area contributed by atoms with Crippen LogP contribution in [-0.4, -0.2) is 15.9 Å². The number of anilines is 1. The molecular formula is C11H6Br3N3O. The quantitative estimate of drug-likeness (QED) is 0.775. The minimum absolute atomic E-state index is 0.244. The second-order valence-corrected chi connectivity index (χ2v) is 5.89. The summed E-state index contributed by atoms with van der Waals surface area (Å²) in [5.41, 5.74) is 0.530. The van der Waals surface area contributed by atoms with Crippen LogP contribution in [0.1, 0.15) is 10.4 Å². The van der Waals surface area contributed by atoms with Gasteiger partial charge in [-0.1, -0.05) is 15.9 Å². The van der Waals surface area contributed by atoms with Crippen LogP contribution < -0.4 is 5.32 Å². The number of hydrogen-bond donors (Lipinski definition) is 1. The van der Waals surface area contributed by atoms with Crippen molar-refractivity contribution in [2.24, 2.45) is 0 Å². The maximum atomic E-state index is 12.0. The Hall–Kier alpha value is -0.790. The van der Waals surface area contributed by atoms with Gasteiger partial charge in [0.15, 0.2) is 5.82 Å². The molecule has 7 heteroatoms. The largest absolute Gasteiger partial charge is 0.305 e. The Kier molecular flexibility index (Phi) is 4.47. The second-order valence-electron chi connectivity index (χ2n) is 3.30. The van der Waals surface area contributed by atoms with Gasteiger partial charge in [-0.15, -0.1) is 0 Å².